The van der Waals surface area contributed by atoms with Crippen molar-refractivity contribution in [1.82, 2.24) is 20.0 Å². The van der Waals surface area contributed by atoms with E-state index in [1.54, 1.807) is 0 Å². The van der Waals surface area contributed by atoms with Gasteiger partial charge in [-0.15, -0.1) is 0 Å². The van der Waals surface area contributed by atoms with Crippen molar-refractivity contribution in [2.24, 2.45) is 0 Å². The van der Waals surface area contributed by atoms with Crippen molar-refractivity contribution in [2.45, 2.75) is 39.7 Å². The smallest absolute Gasteiger partial charge is 0.182 e. The number of nitrogens with zero attached hydrogens (tertiary/aromatic N) is 3. The van der Waals surface area contributed by atoms with Crippen molar-refractivity contribution < 1.29 is 0 Å². The van der Waals surface area contributed by atoms with Gasteiger partial charge in [0.15, 0.2) is 5.65 Å². The van der Waals surface area contributed by atoms with Crippen molar-refractivity contribution >= 4 is 16.9 Å². The third-order valence-corrected chi connectivity index (χ3v) is 2.90. The van der Waals surface area contributed by atoms with Gasteiger partial charge in [0.2, 0.25) is 0 Å². The molecule has 5 heteroatoms. The molecule has 82 valence electrons. The van der Waals surface area contributed by atoms with Gasteiger partial charge in [0, 0.05) is 0 Å². The van der Waals surface area contributed by atoms with E-state index in [4.69, 9.17) is 5.73 Å². The number of nitrogen functional groups attached to an aromatic ring is 1. The summed E-state index contributed by atoms with van der Waals surface area (Å²) in [7, 11) is 0. The van der Waals surface area contributed by atoms with Gasteiger partial charge in [-0.2, -0.15) is 10.2 Å². The Bertz CT molecular complexity index is 463. The number of aromatic amines is 1. The Morgan fingerprint density at radius 3 is 2.67 bits per heavy atom. The monoisotopic (exact) mass is 207 g/mol. The SMILES string of the molecule is CCC(CC)n1nc(C)c2c(N)[nH]nc21. The fourth-order valence-electron chi connectivity index (χ4n) is 2.02. The van der Waals surface area contributed by atoms with Crippen LogP contribution >= 0.6 is 0 Å². The summed E-state index contributed by atoms with van der Waals surface area (Å²) in [5, 5.41) is 12.5. The standard InChI is InChI=1S/C10H17N5/c1-4-7(5-2)15-10-8(6(3)14-15)9(11)12-13-10/h7H,4-5H2,1-3H3,(H3,11,12,13). The van der Waals surface area contributed by atoms with E-state index in [2.05, 4.69) is 29.1 Å². The van der Waals surface area contributed by atoms with E-state index in [-0.39, 0.29) is 0 Å². The first-order valence-electron chi connectivity index (χ1n) is 5.37. The van der Waals surface area contributed by atoms with E-state index in [0.29, 0.717) is 11.9 Å². The largest absolute Gasteiger partial charge is 0.383 e. The predicted octanol–water partition coefficient (Wildman–Crippen LogP) is 2.01. The highest BCUT2D eigenvalue weighted by Gasteiger charge is 2.17. The van der Waals surface area contributed by atoms with Gasteiger partial charge in [-0.3, -0.25) is 5.10 Å². The normalized spacial score (nSPS) is 11.7. The van der Waals surface area contributed by atoms with Crippen LogP contribution < -0.4 is 5.73 Å². The molecule has 5 nitrogen and oxygen atoms in total. The van der Waals surface area contributed by atoms with E-state index in [0.717, 1.165) is 29.6 Å². The summed E-state index contributed by atoms with van der Waals surface area (Å²) in [5.41, 5.74) is 7.62. The van der Waals surface area contributed by atoms with Crippen LogP contribution in [-0.2, 0) is 0 Å². The minimum Gasteiger partial charge on any atom is -0.383 e. The lowest BCUT2D eigenvalue weighted by atomic mass is 10.2. The lowest BCUT2D eigenvalue weighted by Gasteiger charge is -2.12. The second kappa shape index (κ2) is 3.56. The molecule has 0 aliphatic heterocycles. The molecule has 3 N–H and O–H groups in total. The maximum absolute atomic E-state index is 5.80. The molecule has 2 aromatic rings. The lowest BCUT2D eigenvalue weighted by Crippen LogP contribution is -2.09. The van der Waals surface area contributed by atoms with Crippen LogP contribution in [-0.4, -0.2) is 20.0 Å². The fourth-order valence-corrected chi connectivity index (χ4v) is 2.02. The van der Waals surface area contributed by atoms with Crippen molar-refractivity contribution in [3.63, 3.8) is 0 Å². The van der Waals surface area contributed by atoms with Crippen LogP contribution in [0.4, 0.5) is 5.82 Å². The minimum absolute atomic E-state index is 0.406. The molecule has 0 aliphatic carbocycles. The van der Waals surface area contributed by atoms with Crippen molar-refractivity contribution in [3.05, 3.63) is 5.69 Å². The van der Waals surface area contributed by atoms with Crippen LogP contribution in [0.25, 0.3) is 11.0 Å². The Morgan fingerprint density at radius 2 is 2.07 bits per heavy atom. The lowest BCUT2D eigenvalue weighted by molar-refractivity contribution is 0.436. The van der Waals surface area contributed by atoms with Crippen LogP contribution in [0.15, 0.2) is 0 Å². The van der Waals surface area contributed by atoms with Crippen LogP contribution in [0.5, 0.6) is 0 Å². The molecule has 0 bridgehead atoms. The van der Waals surface area contributed by atoms with Gasteiger partial charge in [0.05, 0.1) is 17.1 Å². The molecular formula is C10H17N5. The predicted molar refractivity (Wildman–Crippen MR) is 60.6 cm³/mol. The van der Waals surface area contributed by atoms with Crippen molar-refractivity contribution in [3.8, 4) is 0 Å². The van der Waals surface area contributed by atoms with Crippen LogP contribution in [0, 0.1) is 6.92 Å². The molecule has 0 radical (unpaired) electrons. The second-order valence-corrected chi connectivity index (χ2v) is 3.84. The molecule has 0 fully saturated rings. The number of hydrogen-bond donors (Lipinski definition) is 2. The highest BCUT2D eigenvalue weighted by atomic mass is 15.4. The van der Waals surface area contributed by atoms with E-state index in [1.807, 2.05) is 11.6 Å². The number of nitrogens with two attached hydrogens (primary N) is 1. The molecule has 2 rings (SSSR count). The third kappa shape index (κ3) is 1.38. The van der Waals surface area contributed by atoms with Gasteiger partial charge in [0.1, 0.15) is 5.82 Å². The summed E-state index contributed by atoms with van der Waals surface area (Å²) in [6.45, 7) is 6.28. The quantitative estimate of drug-likeness (QED) is 0.808. The Morgan fingerprint density at radius 1 is 1.40 bits per heavy atom. The summed E-state index contributed by atoms with van der Waals surface area (Å²) in [6.07, 6.45) is 2.11. The van der Waals surface area contributed by atoms with Gasteiger partial charge >= 0.3 is 0 Å². The van der Waals surface area contributed by atoms with Gasteiger partial charge in [-0.05, 0) is 19.8 Å². The molecule has 0 saturated heterocycles. The van der Waals surface area contributed by atoms with Gasteiger partial charge < -0.3 is 5.73 Å². The van der Waals surface area contributed by atoms with Crippen molar-refractivity contribution in [1.29, 1.82) is 0 Å². The first-order valence-corrected chi connectivity index (χ1v) is 5.37. The molecule has 0 atom stereocenters. The van der Waals surface area contributed by atoms with E-state index in [1.165, 1.54) is 0 Å². The average molecular weight is 207 g/mol. The summed E-state index contributed by atoms with van der Waals surface area (Å²) >= 11 is 0. The minimum atomic E-state index is 0.406. The Balaban J connectivity index is 2.61. The topological polar surface area (TPSA) is 72.5 Å². The zero-order valence-corrected chi connectivity index (χ0v) is 9.41. The summed E-state index contributed by atoms with van der Waals surface area (Å²) in [6, 6.07) is 0.406. The zero-order valence-electron chi connectivity index (χ0n) is 9.41. The Kier molecular flexibility index (Phi) is 2.38. The summed E-state index contributed by atoms with van der Waals surface area (Å²) < 4.78 is 1.98. The highest BCUT2D eigenvalue weighted by molar-refractivity contribution is 5.88. The third-order valence-electron chi connectivity index (χ3n) is 2.90. The number of fused-ring (bicyclic) bond motifs is 1. The average Bonchev–Trinajstić information content (AvgIpc) is 2.73. The molecule has 0 unspecified atom stereocenters. The Labute approximate surface area is 88.6 Å². The Hall–Kier alpha value is -1.52. The first-order chi connectivity index (χ1) is 7.19. The summed E-state index contributed by atoms with van der Waals surface area (Å²) in [5.74, 6) is 0.611. The molecule has 0 amide bonds. The molecule has 2 heterocycles. The van der Waals surface area contributed by atoms with E-state index >= 15 is 0 Å². The molecule has 2 aromatic heterocycles. The second-order valence-electron chi connectivity index (χ2n) is 3.84. The summed E-state index contributed by atoms with van der Waals surface area (Å²) in [4.78, 5) is 0. The van der Waals surface area contributed by atoms with Crippen LogP contribution in [0.2, 0.25) is 0 Å². The van der Waals surface area contributed by atoms with Crippen LogP contribution in [0.3, 0.4) is 0 Å². The zero-order chi connectivity index (χ0) is 11.0. The number of aromatic nitrogens is 4. The first kappa shape index (κ1) is 10.0. The van der Waals surface area contributed by atoms with Gasteiger partial charge in [-0.25, -0.2) is 4.68 Å². The van der Waals surface area contributed by atoms with E-state index in [9.17, 15) is 0 Å². The number of hydrogen-bond acceptors (Lipinski definition) is 3. The fraction of sp³-hybridized carbons (Fsp3) is 0.600. The molecule has 15 heavy (non-hydrogen) atoms. The van der Waals surface area contributed by atoms with E-state index < -0.39 is 0 Å². The maximum Gasteiger partial charge on any atom is 0.182 e. The molecule has 0 spiro atoms. The molecule has 0 aliphatic rings. The molecule has 0 aromatic carbocycles. The molecular weight excluding hydrogens is 190 g/mol. The van der Waals surface area contributed by atoms with Gasteiger partial charge in [0.25, 0.3) is 0 Å². The number of H-pyrrole nitrogens is 1. The number of anilines is 1. The maximum atomic E-state index is 5.80. The molecule has 0 saturated carbocycles. The van der Waals surface area contributed by atoms with Crippen molar-refractivity contribution in [2.75, 3.05) is 5.73 Å². The number of aryl methyl sites for hydroxylation is 1. The van der Waals surface area contributed by atoms with Gasteiger partial charge in [-0.1, -0.05) is 13.8 Å². The highest BCUT2D eigenvalue weighted by Crippen LogP contribution is 2.26. The van der Waals surface area contributed by atoms with Crippen LogP contribution in [0.1, 0.15) is 38.4 Å². The number of nitrogens with one attached hydrogen (secondary N) is 1. The number of rotatable bonds is 3.